The lowest BCUT2D eigenvalue weighted by atomic mass is 9.84. The molecule has 0 saturated carbocycles. The lowest BCUT2D eigenvalue weighted by Crippen LogP contribution is -2.44. The van der Waals surface area contributed by atoms with Crippen molar-refractivity contribution in [1.29, 1.82) is 0 Å². The Bertz CT molecular complexity index is 849. The zero-order valence-electron chi connectivity index (χ0n) is 22.1. The van der Waals surface area contributed by atoms with Gasteiger partial charge in [-0.15, -0.1) is 0 Å². The Balaban J connectivity index is 1.91. The van der Waals surface area contributed by atoms with E-state index < -0.39 is 24.0 Å². The van der Waals surface area contributed by atoms with Crippen molar-refractivity contribution in [2.45, 2.75) is 96.6 Å². The molecule has 3 unspecified atom stereocenters. The monoisotopic (exact) mass is 484 g/mol. The molecule has 1 heterocycles. The molecular formula is C29H44N2O4. The molecule has 2 rings (SSSR count). The largest absolute Gasteiger partial charge is 0.468 e. The van der Waals surface area contributed by atoms with Crippen molar-refractivity contribution < 1.29 is 19.1 Å². The summed E-state index contributed by atoms with van der Waals surface area (Å²) in [6, 6.07) is 6.98. The minimum Gasteiger partial charge on any atom is -0.468 e. The van der Waals surface area contributed by atoms with Crippen LogP contribution in [0.4, 0.5) is 4.79 Å². The average molecular weight is 485 g/mol. The Hall–Kier alpha value is -2.47. The highest BCUT2D eigenvalue weighted by atomic mass is 16.5. The van der Waals surface area contributed by atoms with Gasteiger partial charge in [-0.3, -0.25) is 4.79 Å². The summed E-state index contributed by atoms with van der Waals surface area (Å²) in [5, 5.41) is 2.87. The molecular weight excluding hydrogens is 440 g/mol. The number of urea groups is 1. The van der Waals surface area contributed by atoms with Gasteiger partial charge in [-0.25, -0.2) is 9.79 Å². The van der Waals surface area contributed by atoms with E-state index >= 15 is 0 Å². The predicted molar refractivity (Wildman–Crippen MR) is 142 cm³/mol. The first-order valence-corrected chi connectivity index (χ1v) is 13.2. The highest BCUT2D eigenvalue weighted by molar-refractivity contribution is 6.08. The molecule has 6 nitrogen and oxygen atoms in total. The number of ether oxygens (including phenoxy) is 2. The van der Waals surface area contributed by atoms with Crippen LogP contribution in [0.3, 0.4) is 0 Å². The fourth-order valence-electron chi connectivity index (χ4n) is 4.72. The maximum Gasteiger partial charge on any atom is 0.341 e. The summed E-state index contributed by atoms with van der Waals surface area (Å²) >= 11 is 0. The van der Waals surface area contributed by atoms with E-state index in [2.05, 4.69) is 29.4 Å². The summed E-state index contributed by atoms with van der Waals surface area (Å²) in [7, 11) is 3.11. The number of carbonyl (C=O) groups excluding carboxylic acids is 2. The van der Waals surface area contributed by atoms with Crippen LogP contribution in [0.25, 0.3) is 0 Å². The van der Waals surface area contributed by atoms with Gasteiger partial charge in [-0.2, -0.15) is 0 Å². The van der Waals surface area contributed by atoms with Gasteiger partial charge in [0.25, 0.3) is 0 Å². The summed E-state index contributed by atoms with van der Waals surface area (Å²) in [6.07, 6.45) is 17.6. The number of unbranched alkanes of at least 4 members (excludes halogenated alkanes) is 7. The number of aliphatic imine (C=N–C) groups is 1. The van der Waals surface area contributed by atoms with Gasteiger partial charge in [-0.05, 0) is 56.6 Å². The fraction of sp³-hybridized carbons (Fsp3) is 0.621. The number of carbonyl (C=O) groups is 2. The second kappa shape index (κ2) is 16.2. The molecule has 1 aromatic rings. The van der Waals surface area contributed by atoms with Crippen LogP contribution < -0.4 is 5.32 Å². The molecule has 194 valence electrons. The maximum absolute atomic E-state index is 12.5. The van der Waals surface area contributed by atoms with Gasteiger partial charge in [0.15, 0.2) is 0 Å². The SMILES string of the molecule is CCCCCCCCC=CCCCC(Cc1ccccc1C1NC(=O)N=C(C)C1C(=O)OC)OC. The van der Waals surface area contributed by atoms with Crippen molar-refractivity contribution in [3.8, 4) is 0 Å². The van der Waals surface area contributed by atoms with E-state index in [4.69, 9.17) is 9.47 Å². The average Bonchev–Trinajstić information content (AvgIpc) is 2.86. The van der Waals surface area contributed by atoms with Crippen LogP contribution in [-0.2, 0) is 20.7 Å². The Morgan fingerprint density at radius 1 is 1.06 bits per heavy atom. The summed E-state index contributed by atoms with van der Waals surface area (Å²) in [6.45, 7) is 3.95. The van der Waals surface area contributed by atoms with E-state index in [1.165, 1.54) is 52.1 Å². The Morgan fingerprint density at radius 3 is 2.46 bits per heavy atom. The van der Waals surface area contributed by atoms with Crippen molar-refractivity contribution in [3.63, 3.8) is 0 Å². The van der Waals surface area contributed by atoms with Crippen LogP contribution in [0.2, 0.25) is 0 Å². The first-order valence-electron chi connectivity index (χ1n) is 13.2. The van der Waals surface area contributed by atoms with Crippen molar-refractivity contribution in [2.75, 3.05) is 14.2 Å². The van der Waals surface area contributed by atoms with Gasteiger partial charge in [-0.1, -0.05) is 75.4 Å². The zero-order chi connectivity index (χ0) is 25.5. The highest BCUT2D eigenvalue weighted by Gasteiger charge is 2.38. The first-order chi connectivity index (χ1) is 17.0. The summed E-state index contributed by atoms with van der Waals surface area (Å²) in [5.74, 6) is -1.04. The number of amides is 2. The van der Waals surface area contributed by atoms with Gasteiger partial charge in [0, 0.05) is 12.8 Å². The molecule has 0 fully saturated rings. The number of benzene rings is 1. The van der Waals surface area contributed by atoms with Gasteiger partial charge in [0.1, 0.15) is 5.92 Å². The van der Waals surface area contributed by atoms with Crippen LogP contribution in [0.1, 0.15) is 95.2 Å². The second-order valence-electron chi connectivity index (χ2n) is 9.40. The summed E-state index contributed by atoms with van der Waals surface area (Å²) in [5.41, 5.74) is 2.44. The maximum atomic E-state index is 12.5. The number of nitrogens with zero attached hydrogens (tertiary/aromatic N) is 1. The molecule has 2 amide bonds. The lowest BCUT2D eigenvalue weighted by molar-refractivity contribution is -0.143. The van der Waals surface area contributed by atoms with E-state index in [1.54, 1.807) is 14.0 Å². The molecule has 3 atom stereocenters. The Labute approximate surface area is 211 Å². The minimum absolute atomic E-state index is 0.0637. The molecule has 1 aromatic carbocycles. The molecule has 0 radical (unpaired) electrons. The highest BCUT2D eigenvalue weighted by Crippen LogP contribution is 2.31. The Morgan fingerprint density at radius 2 is 1.74 bits per heavy atom. The topological polar surface area (TPSA) is 77.0 Å². The minimum atomic E-state index is -0.642. The summed E-state index contributed by atoms with van der Waals surface area (Å²) in [4.78, 5) is 28.6. The van der Waals surface area contributed by atoms with Crippen molar-refractivity contribution in [3.05, 3.63) is 47.5 Å². The number of methoxy groups -OCH3 is 2. The summed E-state index contributed by atoms with van der Waals surface area (Å²) < 4.78 is 10.8. The fourth-order valence-corrected chi connectivity index (χ4v) is 4.72. The van der Waals surface area contributed by atoms with Crippen LogP contribution in [0.15, 0.2) is 41.4 Å². The Kier molecular flexibility index (Phi) is 13.4. The van der Waals surface area contributed by atoms with Crippen LogP contribution >= 0.6 is 0 Å². The molecule has 0 saturated heterocycles. The molecule has 0 aliphatic carbocycles. The molecule has 1 N–H and O–H groups in total. The smallest absolute Gasteiger partial charge is 0.341 e. The van der Waals surface area contributed by atoms with E-state index in [0.717, 1.165) is 30.4 Å². The number of nitrogens with one attached hydrogen (secondary N) is 1. The molecule has 0 bridgehead atoms. The standard InChI is InChI=1S/C29H44N2O4/c1-5-6-7-8-9-10-11-12-13-14-15-19-24(34-3)21-23-18-16-17-20-25(23)27-26(28(32)35-4)22(2)30-29(33)31-27/h12-13,16-18,20,24,26-27H,5-11,14-15,19,21H2,1-4H3,(H,31,33). The number of esters is 1. The van der Waals surface area contributed by atoms with E-state index in [1.807, 2.05) is 24.3 Å². The normalized spacial score (nSPS) is 18.9. The van der Waals surface area contributed by atoms with Gasteiger partial charge < -0.3 is 14.8 Å². The van der Waals surface area contributed by atoms with E-state index in [0.29, 0.717) is 12.1 Å². The number of hydrogen-bond acceptors (Lipinski definition) is 4. The van der Waals surface area contributed by atoms with E-state index in [-0.39, 0.29) is 6.10 Å². The molecule has 1 aliphatic rings. The van der Waals surface area contributed by atoms with Crippen LogP contribution in [0.5, 0.6) is 0 Å². The molecule has 6 heteroatoms. The van der Waals surface area contributed by atoms with Crippen LogP contribution in [-0.4, -0.2) is 38.0 Å². The van der Waals surface area contributed by atoms with Crippen LogP contribution in [0, 0.1) is 5.92 Å². The quantitative estimate of drug-likeness (QED) is 0.160. The molecule has 0 spiro atoms. The second-order valence-corrected chi connectivity index (χ2v) is 9.40. The number of allylic oxidation sites excluding steroid dienone is 2. The van der Waals surface area contributed by atoms with Crippen molar-refractivity contribution in [1.82, 2.24) is 5.32 Å². The third-order valence-corrected chi connectivity index (χ3v) is 6.75. The van der Waals surface area contributed by atoms with Gasteiger partial charge in [0.2, 0.25) is 0 Å². The number of hydrogen-bond donors (Lipinski definition) is 1. The van der Waals surface area contributed by atoms with Crippen molar-refractivity contribution in [2.24, 2.45) is 10.9 Å². The third-order valence-electron chi connectivity index (χ3n) is 6.75. The first kappa shape index (κ1) is 28.8. The third kappa shape index (κ3) is 9.60. The van der Waals surface area contributed by atoms with Crippen molar-refractivity contribution >= 4 is 17.7 Å². The van der Waals surface area contributed by atoms with E-state index in [9.17, 15) is 9.59 Å². The number of rotatable bonds is 16. The zero-order valence-corrected chi connectivity index (χ0v) is 22.1. The lowest BCUT2D eigenvalue weighted by Gasteiger charge is -2.31. The predicted octanol–water partition coefficient (Wildman–Crippen LogP) is 6.74. The molecule has 35 heavy (non-hydrogen) atoms. The van der Waals surface area contributed by atoms with Gasteiger partial charge in [0.05, 0.1) is 19.3 Å². The molecule has 1 aliphatic heterocycles. The molecule has 0 aromatic heterocycles. The van der Waals surface area contributed by atoms with Gasteiger partial charge >= 0.3 is 12.0 Å².